The van der Waals surface area contributed by atoms with Crippen LogP contribution in [0.4, 0.5) is 0 Å². The molecule has 102 valence electrons. The first-order chi connectivity index (χ1) is 8.03. The largest absolute Gasteiger partial charge is 0.387 e. The lowest BCUT2D eigenvalue weighted by atomic mass is 9.93. The van der Waals surface area contributed by atoms with E-state index in [0.29, 0.717) is 0 Å². The molecule has 1 aliphatic heterocycles. The number of rotatable bonds is 5. The van der Waals surface area contributed by atoms with Crippen molar-refractivity contribution in [2.45, 2.75) is 37.1 Å². The second-order valence-corrected chi connectivity index (χ2v) is 3.96. The highest BCUT2D eigenvalue weighted by atomic mass is 16.8. The molecule has 0 saturated carbocycles. The van der Waals surface area contributed by atoms with Gasteiger partial charge in [-0.1, -0.05) is 0 Å². The van der Waals surface area contributed by atoms with Gasteiger partial charge in [-0.3, -0.25) is 4.84 Å². The van der Waals surface area contributed by atoms with Crippen molar-refractivity contribution in [3.05, 3.63) is 0 Å². The Balaban J connectivity index is 2.92. The van der Waals surface area contributed by atoms with Crippen LogP contribution in [0, 0.1) is 0 Å². The lowest BCUT2D eigenvalue weighted by Gasteiger charge is -2.47. The maximum Gasteiger partial charge on any atom is 0.196 e. The summed E-state index contributed by atoms with van der Waals surface area (Å²) >= 11 is 0. The monoisotopic (exact) mass is 252 g/mol. The molecule has 0 aromatic heterocycles. The van der Waals surface area contributed by atoms with E-state index in [2.05, 4.69) is 4.84 Å². The average Bonchev–Trinajstić information content (AvgIpc) is 2.30. The van der Waals surface area contributed by atoms with E-state index < -0.39 is 30.2 Å². The van der Waals surface area contributed by atoms with Gasteiger partial charge in [-0.2, -0.15) is 0 Å². The Bertz CT molecular complexity index is 242. The van der Waals surface area contributed by atoms with Crippen molar-refractivity contribution in [3.63, 3.8) is 0 Å². The van der Waals surface area contributed by atoms with Crippen LogP contribution in [0.2, 0.25) is 0 Å². The van der Waals surface area contributed by atoms with E-state index >= 15 is 0 Å². The van der Waals surface area contributed by atoms with Crippen LogP contribution in [0.1, 0.15) is 6.92 Å². The Morgan fingerprint density at radius 1 is 1.35 bits per heavy atom. The number of aliphatic hydroxyl groups is 1. The van der Waals surface area contributed by atoms with Crippen molar-refractivity contribution < 1.29 is 29.0 Å². The Kier molecular flexibility index (Phi) is 5.22. The van der Waals surface area contributed by atoms with Gasteiger partial charge < -0.3 is 24.2 Å². The molecule has 17 heavy (non-hydrogen) atoms. The SMILES string of the molecule is CO[C@@H]1C(CON)O[C@](C)(OC)C(ON)[C@H]1O. The third-order valence-electron chi connectivity index (χ3n) is 3.00. The smallest absolute Gasteiger partial charge is 0.196 e. The summed E-state index contributed by atoms with van der Waals surface area (Å²) in [6.07, 6.45) is -3.16. The second kappa shape index (κ2) is 6.03. The van der Waals surface area contributed by atoms with Crippen LogP contribution in [-0.4, -0.2) is 56.1 Å². The van der Waals surface area contributed by atoms with Gasteiger partial charge in [0.1, 0.15) is 18.3 Å². The molecule has 0 aromatic carbocycles. The van der Waals surface area contributed by atoms with Gasteiger partial charge >= 0.3 is 0 Å². The van der Waals surface area contributed by atoms with Crippen LogP contribution in [0.5, 0.6) is 0 Å². The molecule has 1 rings (SSSR count). The van der Waals surface area contributed by atoms with Gasteiger partial charge in [0.25, 0.3) is 0 Å². The Morgan fingerprint density at radius 3 is 2.41 bits per heavy atom. The normalized spacial score (nSPS) is 42.7. The van der Waals surface area contributed by atoms with Crippen LogP contribution < -0.4 is 11.8 Å². The number of nitrogens with two attached hydrogens (primary N) is 2. The first-order valence-electron chi connectivity index (χ1n) is 5.15. The van der Waals surface area contributed by atoms with Gasteiger partial charge in [0, 0.05) is 14.2 Å². The van der Waals surface area contributed by atoms with E-state index in [1.165, 1.54) is 14.2 Å². The summed E-state index contributed by atoms with van der Waals surface area (Å²) in [6, 6.07) is 0. The molecule has 8 heteroatoms. The summed E-state index contributed by atoms with van der Waals surface area (Å²) in [5.41, 5.74) is 0. The van der Waals surface area contributed by atoms with Gasteiger partial charge in [0.15, 0.2) is 11.9 Å². The van der Waals surface area contributed by atoms with Crippen LogP contribution in [0.25, 0.3) is 0 Å². The van der Waals surface area contributed by atoms with Crippen LogP contribution in [-0.2, 0) is 23.9 Å². The van der Waals surface area contributed by atoms with E-state index in [4.69, 9.17) is 30.8 Å². The summed E-state index contributed by atoms with van der Waals surface area (Å²) in [4.78, 5) is 9.24. The summed E-state index contributed by atoms with van der Waals surface area (Å²) in [5.74, 6) is 8.95. The van der Waals surface area contributed by atoms with Crippen LogP contribution >= 0.6 is 0 Å². The molecule has 0 amide bonds. The third kappa shape index (κ3) is 2.75. The molecular formula is C9H20N2O6. The first kappa shape index (κ1) is 14.7. The quantitative estimate of drug-likeness (QED) is 0.494. The Morgan fingerprint density at radius 2 is 2.00 bits per heavy atom. The van der Waals surface area contributed by atoms with Gasteiger partial charge in [0.2, 0.25) is 0 Å². The molecule has 0 bridgehead atoms. The first-order valence-corrected chi connectivity index (χ1v) is 5.15. The molecule has 5 atom stereocenters. The molecule has 2 unspecified atom stereocenters. The minimum absolute atomic E-state index is 0.0474. The van der Waals surface area contributed by atoms with E-state index in [9.17, 15) is 5.11 Å². The molecular weight excluding hydrogens is 232 g/mol. The van der Waals surface area contributed by atoms with Crippen molar-refractivity contribution in [2.24, 2.45) is 11.8 Å². The maximum absolute atomic E-state index is 10.1. The lowest BCUT2D eigenvalue weighted by Crippen LogP contribution is -2.66. The van der Waals surface area contributed by atoms with Crippen molar-refractivity contribution >= 4 is 0 Å². The molecule has 5 N–H and O–H groups in total. The van der Waals surface area contributed by atoms with Gasteiger partial charge in [-0.25, -0.2) is 11.8 Å². The molecule has 0 aliphatic carbocycles. The van der Waals surface area contributed by atoms with E-state index in [0.717, 1.165) is 0 Å². The molecule has 8 nitrogen and oxygen atoms in total. The van der Waals surface area contributed by atoms with Gasteiger partial charge in [0.05, 0.1) is 6.61 Å². The third-order valence-corrected chi connectivity index (χ3v) is 3.00. The standard InChI is InChI=1S/C9H20N2O6/c1-9(14-3)8(17-11)6(12)7(13-2)5(16-9)4-15-10/h5-8,12H,4,10-11H2,1-3H3/t5?,6-,7+,8?,9-/m0/s1. The summed E-state index contributed by atoms with van der Waals surface area (Å²) in [7, 11) is 2.86. The number of aliphatic hydroxyl groups excluding tert-OH is 1. The average molecular weight is 252 g/mol. The zero-order chi connectivity index (χ0) is 13.1. The van der Waals surface area contributed by atoms with E-state index in [1.807, 2.05) is 0 Å². The fourth-order valence-corrected chi connectivity index (χ4v) is 2.02. The zero-order valence-corrected chi connectivity index (χ0v) is 10.2. The van der Waals surface area contributed by atoms with Crippen molar-refractivity contribution in [1.29, 1.82) is 0 Å². The molecule has 1 heterocycles. The summed E-state index contributed by atoms with van der Waals surface area (Å²) < 4.78 is 15.9. The molecule has 0 radical (unpaired) electrons. The van der Waals surface area contributed by atoms with Crippen molar-refractivity contribution in [3.8, 4) is 0 Å². The minimum atomic E-state index is -1.20. The fourth-order valence-electron chi connectivity index (χ4n) is 2.02. The molecule has 1 saturated heterocycles. The fraction of sp³-hybridized carbons (Fsp3) is 1.00. The number of ether oxygens (including phenoxy) is 3. The van der Waals surface area contributed by atoms with Crippen molar-refractivity contribution in [1.82, 2.24) is 0 Å². The number of hydrogen-bond donors (Lipinski definition) is 3. The Hall–Kier alpha value is -0.320. The van der Waals surface area contributed by atoms with E-state index in [1.54, 1.807) is 6.92 Å². The summed E-state index contributed by atoms with van der Waals surface area (Å²) in [6.45, 7) is 1.65. The zero-order valence-electron chi connectivity index (χ0n) is 10.2. The van der Waals surface area contributed by atoms with Crippen molar-refractivity contribution in [2.75, 3.05) is 20.8 Å². The molecule has 1 fully saturated rings. The molecule has 1 aliphatic rings. The van der Waals surface area contributed by atoms with Crippen LogP contribution in [0.15, 0.2) is 0 Å². The maximum atomic E-state index is 10.1. The lowest BCUT2D eigenvalue weighted by molar-refractivity contribution is -0.361. The number of hydrogen-bond acceptors (Lipinski definition) is 8. The summed E-state index contributed by atoms with van der Waals surface area (Å²) in [5, 5.41) is 10.1. The predicted octanol–water partition coefficient (Wildman–Crippen LogP) is -1.73. The minimum Gasteiger partial charge on any atom is -0.387 e. The topological polar surface area (TPSA) is 118 Å². The highest BCUT2D eigenvalue weighted by Gasteiger charge is 2.53. The Labute approximate surface area is 99.6 Å². The molecule has 0 spiro atoms. The van der Waals surface area contributed by atoms with Crippen LogP contribution in [0.3, 0.4) is 0 Å². The van der Waals surface area contributed by atoms with E-state index in [-0.39, 0.29) is 6.61 Å². The highest BCUT2D eigenvalue weighted by molar-refractivity contribution is 4.96. The second-order valence-electron chi connectivity index (χ2n) is 3.96. The number of methoxy groups -OCH3 is 2. The highest BCUT2D eigenvalue weighted by Crippen LogP contribution is 2.32. The van der Waals surface area contributed by atoms with Gasteiger partial charge in [-0.15, -0.1) is 0 Å². The predicted molar refractivity (Wildman–Crippen MR) is 56.3 cm³/mol. The molecule has 0 aromatic rings. The van der Waals surface area contributed by atoms with Gasteiger partial charge in [-0.05, 0) is 6.92 Å².